The van der Waals surface area contributed by atoms with E-state index in [-0.39, 0.29) is 5.69 Å². The van der Waals surface area contributed by atoms with Gasteiger partial charge in [-0.1, -0.05) is 32.0 Å². The molecule has 0 aliphatic heterocycles. The third kappa shape index (κ3) is 1.87. The number of nitrogens with zero attached hydrogens (tertiary/aromatic N) is 5. The SMILES string of the molecule is CC(C)CNc1c(N=O)c2nnnn2c2ccccc12. The van der Waals surface area contributed by atoms with E-state index in [0.717, 1.165) is 17.4 Å². The number of hydrogen-bond donors (Lipinski definition) is 1. The van der Waals surface area contributed by atoms with E-state index < -0.39 is 0 Å². The van der Waals surface area contributed by atoms with Crippen LogP contribution in [0.15, 0.2) is 29.4 Å². The van der Waals surface area contributed by atoms with Crippen LogP contribution >= 0.6 is 0 Å². The zero-order valence-electron chi connectivity index (χ0n) is 11.2. The quantitative estimate of drug-likeness (QED) is 0.737. The first-order chi connectivity index (χ1) is 9.72. The Hall–Kier alpha value is -2.57. The van der Waals surface area contributed by atoms with Crippen LogP contribution in [0.2, 0.25) is 0 Å². The van der Waals surface area contributed by atoms with Crippen LogP contribution in [0.3, 0.4) is 0 Å². The fourth-order valence-corrected chi connectivity index (χ4v) is 2.18. The number of rotatable bonds is 4. The van der Waals surface area contributed by atoms with E-state index in [1.165, 1.54) is 4.52 Å². The summed E-state index contributed by atoms with van der Waals surface area (Å²) in [6, 6.07) is 7.65. The molecule has 0 spiro atoms. The average molecular weight is 270 g/mol. The van der Waals surface area contributed by atoms with E-state index in [0.29, 0.717) is 17.3 Å². The van der Waals surface area contributed by atoms with Gasteiger partial charge in [-0.15, -0.1) is 10.0 Å². The van der Waals surface area contributed by atoms with Gasteiger partial charge in [0.2, 0.25) is 5.65 Å². The largest absolute Gasteiger partial charge is 0.382 e. The van der Waals surface area contributed by atoms with E-state index in [4.69, 9.17) is 0 Å². The molecule has 0 atom stereocenters. The van der Waals surface area contributed by atoms with Crippen molar-refractivity contribution in [3.05, 3.63) is 29.2 Å². The highest BCUT2D eigenvalue weighted by Crippen LogP contribution is 2.36. The van der Waals surface area contributed by atoms with Crippen LogP contribution in [0.25, 0.3) is 16.6 Å². The Kier molecular flexibility index (Phi) is 3.02. The molecule has 0 aliphatic rings. The fraction of sp³-hybridized carbons (Fsp3) is 0.308. The number of fused-ring (bicyclic) bond motifs is 3. The Labute approximate surface area is 114 Å². The Morgan fingerprint density at radius 2 is 2.15 bits per heavy atom. The first-order valence-corrected chi connectivity index (χ1v) is 6.42. The molecule has 0 saturated heterocycles. The monoisotopic (exact) mass is 270 g/mol. The van der Waals surface area contributed by atoms with Gasteiger partial charge in [0.1, 0.15) is 0 Å². The molecule has 102 valence electrons. The molecule has 1 N–H and O–H groups in total. The summed E-state index contributed by atoms with van der Waals surface area (Å²) in [5.41, 5.74) is 2.14. The van der Waals surface area contributed by atoms with Crippen molar-refractivity contribution in [3.63, 3.8) is 0 Å². The minimum atomic E-state index is 0.245. The van der Waals surface area contributed by atoms with Crippen molar-refractivity contribution >= 4 is 27.9 Å². The van der Waals surface area contributed by atoms with Crippen molar-refractivity contribution in [1.82, 2.24) is 20.0 Å². The van der Waals surface area contributed by atoms with Crippen molar-refractivity contribution in [2.75, 3.05) is 11.9 Å². The number of hydrogen-bond acceptors (Lipinski definition) is 6. The second kappa shape index (κ2) is 4.84. The number of nitrogens with one attached hydrogen (secondary N) is 1. The first-order valence-electron chi connectivity index (χ1n) is 6.42. The maximum absolute atomic E-state index is 11.2. The lowest BCUT2D eigenvalue weighted by Crippen LogP contribution is -2.09. The fourth-order valence-electron chi connectivity index (χ4n) is 2.18. The van der Waals surface area contributed by atoms with Gasteiger partial charge in [-0.25, -0.2) is 0 Å². The van der Waals surface area contributed by atoms with Gasteiger partial charge >= 0.3 is 0 Å². The van der Waals surface area contributed by atoms with Crippen LogP contribution in [0.4, 0.5) is 11.4 Å². The minimum absolute atomic E-state index is 0.245. The molecule has 7 nitrogen and oxygen atoms in total. The maximum Gasteiger partial charge on any atom is 0.211 e. The van der Waals surface area contributed by atoms with Gasteiger partial charge in [0.25, 0.3) is 0 Å². The molecule has 1 aromatic carbocycles. The summed E-state index contributed by atoms with van der Waals surface area (Å²) < 4.78 is 1.53. The Morgan fingerprint density at radius 1 is 1.35 bits per heavy atom. The van der Waals surface area contributed by atoms with E-state index >= 15 is 0 Å². The van der Waals surface area contributed by atoms with Crippen LogP contribution in [0.5, 0.6) is 0 Å². The number of benzene rings is 1. The van der Waals surface area contributed by atoms with Crippen molar-refractivity contribution < 1.29 is 0 Å². The highest BCUT2D eigenvalue weighted by atomic mass is 16.3. The van der Waals surface area contributed by atoms with Crippen molar-refractivity contribution in [3.8, 4) is 0 Å². The molecule has 0 bridgehead atoms. The second-order valence-corrected chi connectivity index (χ2v) is 5.02. The predicted molar refractivity (Wildman–Crippen MR) is 77.1 cm³/mol. The van der Waals surface area contributed by atoms with Gasteiger partial charge in [0.15, 0.2) is 5.69 Å². The summed E-state index contributed by atoms with van der Waals surface area (Å²) in [4.78, 5) is 11.2. The lowest BCUT2D eigenvalue weighted by atomic mass is 10.1. The van der Waals surface area contributed by atoms with E-state index in [1.807, 2.05) is 24.3 Å². The minimum Gasteiger partial charge on any atom is -0.382 e. The Morgan fingerprint density at radius 3 is 2.90 bits per heavy atom. The molecule has 0 amide bonds. The van der Waals surface area contributed by atoms with Gasteiger partial charge in [0, 0.05) is 11.9 Å². The van der Waals surface area contributed by atoms with Crippen LogP contribution in [-0.2, 0) is 0 Å². The number of para-hydroxylation sites is 1. The van der Waals surface area contributed by atoms with Crippen molar-refractivity contribution in [2.45, 2.75) is 13.8 Å². The zero-order valence-corrected chi connectivity index (χ0v) is 11.2. The first kappa shape index (κ1) is 12.5. The maximum atomic E-state index is 11.2. The molecular weight excluding hydrogens is 256 g/mol. The molecule has 2 aromatic heterocycles. The molecule has 3 rings (SSSR count). The molecular formula is C13H14N6O. The summed E-state index contributed by atoms with van der Waals surface area (Å²) >= 11 is 0. The molecule has 0 aliphatic carbocycles. The van der Waals surface area contributed by atoms with Gasteiger partial charge in [-0.2, -0.15) is 4.52 Å². The zero-order chi connectivity index (χ0) is 14.1. The van der Waals surface area contributed by atoms with Crippen LogP contribution < -0.4 is 5.32 Å². The number of pyridine rings is 1. The number of aromatic nitrogens is 4. The van der Waals surface area contributed by atoms with Crippen molar-refractivity contribution in [2.24, 2.45) is 11.1 Å². The average Bonchev–Trinajstić information content (AvgIpc) is 2.93. The van der Waals surface area contributed by atoms with Crippen molar-refractivity contribution in [1.29, 1.82) is 0 Å². The van der Waals surface area contributed by atoms with Crippen LogP contribution in [0, 0.1) is 10.8 Å². The second-order valence-electron chi connectivity index (χ2n) is 5.02. The highest BCUT2D eigenvalue weighted by Gasteiger charge is 2.17. The molecule has 0 unspecified atom stereocenters. The molecule has 0 fully saturated rings. The van der Waals surface area contributed by atoms with Gasteiger partial charge < -0.3 is 5.32 Å². The molecule has 0 radical (unpaired) electrons. The summed E-state index contributed by atoms with van der Waals surface area (Å²) in [7, 11) is 0. The summed E-state index contributed by atoms with van der Waals surface area (Å²) in [6.07, 6.45) is 0. The molecule has 3 aromatic rings. The highest BCUT2D eigenvalue weighted by molar-refractivity contribution is 6.02. The topological polar surface area (TPSA) is 84.5 Å². The molecule has 2 heterocycles. The van der Waals surface area contributed by atoms with Gasteiger partial charge in [-0.05, 0) is 27.6 Å². The Bertz CT molecular complexity index is 779. The van der Waals surface area contributed by atoms with E-state index in [9.17, 15) is 4.91 Å². The number of nitroso groups, excluding NO2 is 1. The lowest BCUT2D eigenvalue weighted by molar-refractivity contribution is 0.689. The third-order valence-electron chi connectivity index (χ3n) is 3.10. The predicted octanol–water partition coefficient (Wildman–Crippen LogP) is 2.74. The summed E-state index contributed by atoms with van der Waals surface area (Å²) in [5, 5.41) is 18.7. The smallest absolute Gasteiger partial charge is 0.211 e. The Balaban J connectivity index is 2.34. The van der Waals surface area contributed by atoms with Crippen LogP contribution in [-0.4, -0.2) is 26.6 Å². The van der Waals surface area contributed by atoms with Crippen LogP contribution in [0.1, 0.15) is 13.8 Å². The summed E-state index contributed by atoms with van der Waals surface area (Å²) in [5.74, 6) is 0.445. The van der Waals surface area contributed by atoms with Gasteiger partial charge in [0.05, 0.1) is 11.2 Å². The normalized spacial score (nSPS) is 11.3. The standard InChI is InChI=1S/C13H14N6O/c1-8(2)7-14-11-9-5-3-4-6-10(9)19-13(12(11)16-20)15-17-18-19/h3-6,8,14H,7H2,1-2H3. The molecule has 7 heteroatoms. The number of tetrazole rings is 1. The lowest BCUT2D eigenvalue weighted by Gasteiger charge is -2.13. The third-order valence-corrected chi connectivity index (χ3v) is 3.10. The van der Waals surface area contributed by atoms with E-state index in [2.05, 4.69) is 39.9 Å². The number of anilines is 1. The molecule has 0 saturated carbocycles. The summed E-state index contributed by atoms with van der Waals surface area (Å²) in [6.45, 7) is 4.94. The molecule has 20 heavy (non-hydrogen) atoms. The van der Waals surface area contributed by atoms with Gasteiger partial charge in [-0.3, -0.25) is 0 Å². The van der Waals surface area contributed by atoms with E-state index in [1.54, 1.807) is 0 Å².